The van der Waals surface area contributed by atoms with Crippen molar-refractivity contribution in [3.8, 4) is 0 Å². The zero-order valence-corrected chi connectivity index (χ0v) is 18.0. The minimum absolute atomic E-state index is 0.0108. The Morgan fingerprint density at radius 1 is 1.11 bits per heavy atom. The Morgan fingerprint density at radius 2 is 1.96 bits per heavy atom. The van der Waals surface area contributed by atoms with Crippen molar-refractivity contribution in [3.63, 3.8) is 0 Å². The van der Waals surface area contributed by atoms with Crippen LogP contribution in [0, 0.1) is 40.4 Å². The number of ketones is 1. The van der Waals surface area contributed by atoms with Gasteiger partial charge in [0.2, 0.25) is 0 Å². The Bertz CT molecular complexity index is 670. The summed E-state index contributed by atoms with van der Waals surface area (Å²) in [4.78, 5) is 18.5. The number of nitrogens with one attached hydrogen (secondary N) is 1. The van der Waals surface area contributed by atoms with Crippen LogP contribution in [0.1, 0.15) is 78.6 Å². The van der Waals surface area contributed by atoms with Crippen molar-refractivity contribution in [2.75, 3.05) is 13.1 Å². The van der Waals surface area contributed by atoms with E-state index in [1.54, 1.807) is 0 Å². The maximum Gasteiger partial charge on any atom is 0.141 e. The molecule has 1 unspecified atom stereocenters. The number of carbonyl (C=O) groups excluding carboxylic acids is 1. The summed E-state index contributed by atoms with van der Waals surface area (Å²) in [5.41, 5.74) is 1.72. The SMILES string of the molecule is C[C@@H]1CC2C/C(=N/O[C@@H]3CCNC3)CC[C@]2(C)[C@H]2CC[C@]3(C)C(=O)CC[C@H]3[C@H]12. The van der Waals surface area contributed by atoms with Crippen LogP contribution in [-0.2, 0) is 9.63 Å². The molecule has 1 saturated heterocycles. The molecule has 0 aromatic carbocycles. The molecule has 0 aromatic heterocycles. The van der Waals surface area contributed by atoms with Gasteiger partial charge in [0, 0.05) is 24.8 Å². The molecule has 4 aliphatic carbocycles. The first-order valence-corrected chi connectivity index (χ1v) is 11.9. The van der Waals surface area contributed by atoms with Crippen molar-refractivity contribution >= 4 is 11.5 Å². The van der Waals surface area contributed by atoms with Crippen LogP contribution in [0.5, 0.6) is 0 Å². The zero-order valence-electron chi connectivity index (χ0n) is 18.0. The second-order valence-corrected chi connectivity index (χ2v) is 11.2. The molecule has 1 heterocycles. The monoisotopic (exact) mass is 386 g/mol. The van der Waals surface area contributed by atoms with E-state index in [1.165, 1.54) is 25.0 Å². The van der Waals surface area contributed by atoms with E-state index in [0.29, 0.717) is 17.1 Å². The molecule has 0 amide bonds. The first-order chi connectivity index (χ1) is 13.4. The zero-order chi connectivity index (χ0) is 19.5. The molecule has 1 N–H and O–H groups in total. The van der Waals surface area contributed by atoms with Gasteiger partial charge >= 0.3 is 0 Å². The number of carbonyl (C=O) groups is 1. The minimum Gasteiger partial charge on any atom is -0.391 e. The molecule has 5 fully saturated rings. The highest BCUT2D eigenvalue weighted by atomic mass is 16.6. The Morgan fingerprint density at radius 3 is 2.75 bits per heavy atom. The second-order valence-electron chi connectivity index (χ2n) is 11.2. The summed E-state index contributed by atoms with van der Waals surface area (Å²) in [5.74, 6) is 4.23. The topological polar surface area (TPSA) is 50.7 Å². The maximum absolute atomic E-state index is 12.7. The first-order valence-electron chi connectivity index (χ1n) is 11.9. The molecular weight excluding hydrogens is 348 g/mol. The van der Waals surface area contributed by atoms with Crippen LogP contribution in [0.3, 0.4) is 0 Å². The molecule has 4 saturated carbocycles. The van der Waals surface area contributed by atoms with Crippen molar-refractivity contribution in [2.24, 2.45) is 45.6 Å². The summed E-state index contributed by atoms with van der Waals surface area (Å²) < 4.78 is 0. The van der Waals surface area contributed by atoms with Crippen LogP contribution in [0.2, 0.25) is 0 Å². The van der Waals surface area contributed by atoms with Crippen molar-refractivity contribution in [1.82, 2.24) is 5.32 Å². The molecular formula is C24H38N2O2. The van der Waals surface area contributed by atoms with Gasteiger partial charge in [-0.25, -0.2) is 0 Å². The Kier molecular flexibility index (Phi) is 4.65. The van der Waals surface area contributed by atoms with Gasteiger partial charge in [0.25, 0.3) is 0 Å². The van der Waals surface area contributed by atoms with Crippen LogP contribution < -0.4 is 5.32 Å². The molecule has 0 aromatic rings. The average molecular weight is 387 g/mol. The Hall–Kier alpha value is -0.900. The molecule has 28 heavy (non-hydrogen) atoms. The molecule has 5 rings (SSSR count). The lowest BCUT2D eigenvalue weighted by atomic mass is 9.43. The molecule has 5 aliphatic rings. The Labute approximate surface area is 170 Å². The van der Waals surface area contributed by atoms with Crippen LogP contribution in [0.25, 0.3) is 0 Å². The number of oxime groups is 1. The summed E-state index contributed by atoms with van der Waals surface area (Å²) in [7, 11) is 0. The fourth-order valence-corrected chi connectivity index (χ4v) is 8.16. The van der Waals surface area contributed by atoms with Gasteiger partial charge in [0.15, 0.2) is 0 Å². The summed E-state index contributed by atoms with van der Waals surface area (Å²) in [6.07, 6.45) is 10.5. The first kappa shape index (κ1) is 19.1. The van der Waals surface area contributed by atoms with E-state index in [0.717, 1.165) is 75.3 Å². The molecule has 156 valence electrons. The molecule has 4 heteroatoms. The molecule has 0 radical (unpaired) electrons. The Balaban J connectivity index is 1.34. The highest BCUT2D eigenvalue weighted by Gasteiger charge is 2.61. The van der Waals surface area contributed by atoms with Crippen LogP contribution in [0.4, 0.5) is 0 Å². The third-order valence-corrected chi connectivity index (χ3v) is 9.91. The van der Waals surface area contributed by atoms with Gasteiger partial charge in [-0.1, -0.05) is 25.9 Å². The lowest BCUT2D eigenvalue weighted by Gasteiger charge is -2.61. The van der Waals surface area contributed by atoms with E-state index in [2.05, 4.69) is 31.2 Å². The summed E-state index contributed by atoms with van der Waals surface area (Å²) in [6, 6.07) is 0. The maximum atomic E-state index is 12.7. The largest absolute Gasteiger partial charge is 0.391 e. The van der Waals surface area contributed by atoms with Gasteiger partial charge in [-0.2, -0.15) is 0 Å². The lowest BCUT2D eigenvalue weighted by molar-refractivity contribution is -0.143. The lowest BCUT2D eigenvalue weighted by Crippen LogP contribution is -2.56. The van der Waals surface area contributed by atoms with E-state index in [1.807, 2.05) is 0 Å². The molecule has 0 bridgehead atoms. The number of fused-ring (bicyclic) bond motifs is 5. The van der Waals surface area contributed by atoms with Gasteiger partial charge in [0.1, 0.15) is 11.9 Å². The number of rotatable bonds is 2. The van der Waals surface area contributed by atoms with E-state index in [4.69, 9.17) is 4.84 Å². The third-order valence-electron chi connectivity index (χ3n) is 9.91. The van der Waals surface area contributed by atoms with Crippen LogP contribution in [-0.4, -0.2) is 30.7 Å². The van der Waals surface area contributed by atoms with E-state index in [9.17, 15) is 4.79 Å². The summed E-state index contributed by atoms with van der Waals surface area (Å²) in [5, 5.41) is 7.98. The van der Waals surface area contributed by atoms with Gasteiger partial charge in [-0.05, 0) is 86.5 Å². The molecule has 0 spiro atoms. The van der Waals surface area contributed by atoms with Gasteiger partial charge in [-0.15, -0.1) is 0 Å². The quantitative estimate of drug-likeness (QED) is 0.707. The normalized spacial score (nSPS) is 52.2. The summed E-state index contributed by atoms with van der Waals surface area (Å²) in [6.45, 7) is 9.36. The number of nitrogens with zero attached hydrogens (tertiary/aromatic N) is 1. The predicted octanol–water partition coefficient (Wildman–Crippen LogP) is 4.58. The number of hydrogen-bond acceptors (Lipinski definition) is 4. The summed E-state index contributed by atoms with van der Waals surface area (Å²) >= 11 is 0. The number of Topliss-reactive ketones (excluding diaryl/α,β-unsaturated/α-hetero) is 1. The molecule has 4 nitrogen and oxygen atoms in total. The van der Waals surface area contributed by atoms with E-state index in [-0.39, 0.29) is 11.5 Å². The van der Waals surface area contributed by atoms with E-state index < -0.39 is 0 Å². The van der Waals surface area contributed by atoms with Gasteiger partial charge in [0.05, 0.1) is 5.71 Å². The fraction of sp³-hybridized carbons (Fsp3) is 0.917. The van der Waals surface area contributed by atoms with E-state index >= 15 is 0 Å². The fourth-order valence-electron chi connectivity index (χ4n) is 8.16. The van der Waals surface area contributed by atoms with Crippen molar-refractivity contribution < 1.29 is 9.63 Å². The highest BCUT2D eigenvalue weighted by Crippen LogP contribution is 2.66. The van der Waals surface area contributed by atoms with Crippen molar-refractivity contribution in [3.05, 3.63) is 0 Å². The predicted molar refractivity (Wildman–Crippen MR) is 111 cm³/mol. The standard InChI is InChI=1S/C24H38N2O2/c1-15-12-16-13-17(26-28-18-8-11-25-14-18)6-9-23(16,2)20-7-10-24(3)19(22(15)20)4-5-21(24)27/h15-16,18-20,22,25H,4-14H2,1-3H3/b26-17+/t15-,16?,18-,19+,20+,22+,23+,24+/m1/s1. The highest BCUT2D eigenvalue weighted by molar-refractivity contribution is 5.87. The second kappa shape index (κ2) is 6.82. The van der Waals surface area contributed by atoms with Gasteiger partial charge in [-0.3, -0.25) is 4.79 Å². The van der Waals surface area contributed by atoms with Crippen LogP contribution >= 0.6 is 0 Å². The molecule has 8 atom stereocenters. The number of hydrogen-bond donors (Lipinski definition) is 1. The van der Waals surface area contributed by atoms with Crippen LogP contribution in [0.15, 0.2) is 5.16 Å². The average Bonchev–Trinajstić information content (AvgIpc) is 3.29. The smallest absolute Gasteiger partial charge is 0.141 e. The minimum atomic E-state index is -0.0108. The molecule has 1 aliphatic heterocycles. The van der Waals surface area contributed by atoms with Crippen molar-refractivity contribution in [2.45, 2.75) is 84.7 Å². The van der Waals surface area contributed by atoms with Gasteiger partial charge < -0.3 is 10.2 Å². The third kappa shape index (κ3) is 2.80. The van der Waals surface area contributed by atoms with Crippen molar-refractivity contribution in [1.29, 1.82) is 0 Å².